The molecule has 0 bridgehead atoms. The minimum absolute atomic E-state index is 0.0114. The highest BCUT2D eigenvalue weighted by Crippen LogP contribution is 2.32. The van der Waals surface area contributed by atoms with Gasteiger partial charge in [0.15, 0.2) is 6.10 Å². The Bertz CT molecular complexity index is 596. The molecule has 1 aromatic carbocycles. The van der Waals surface area contributed by atoms with E-state index in [9.17, 15) is 9.59 Å². The lowest BCUT2D eigenvalue weighted by Gasteiger charge is -2.41. The fourth-order valence-electron chi connectivity index (χ4n) is 3.50. The van der Waals surface area contributed by atoms with Crippen molar-refractivity contribution in [2.45, 2.75) is 38.3 Å². The van der Waals surface area contributed by atoms with Crippen molar-refractivity contribution in [2.75, 3.05) is 26.7 Å². The van der Waals surface area contributed by atoms with E-state index in [1.165, 1.54) is 6.42 Å². The summed E-state index contributed by atoms with van der Waals surface area (Å²) in [6.45, 7) is 3.56. The zero-order valence-electron chi connectivity index (χ0n) is 13.8. The Hall–Kier alpha value is -1.88. The van der Waals surface area contributed by atoms with Gasteiger partial charge in [0.25, 0.3) is 5.91 Å². The van der Waals surface area contributed by atoms with Gasteiger partial charge in [-0.1, -0.05) is 24.3 Å². The van der Waals surface area contributed by atoms with Gasteiger partial charge in [-0.2, -0.15) is 0 Å². The van der Waals surface area contributed by atoms with Crippen molar-refractivity contribution in [3.05, 3.63) is 35.4 Å². The highest BCUT2D eigenvalue weighted by atomic mass is 16.5. The molecule has 0 spiro atoms. The van der Waals surface area contributed by atoms with Crippen LogP contribution in [0.2, 0.25) is 0 Å². The number of aryl methyl sites for hydroxylation is 1. The molecule has 2 fully saturated rings. The van der Waals surface area contributed by atoms with Crippen LogP contribution in [0.4, 0.5) is 0 Å². The van der Waals surface area contributed by atoms with E-state index in [1.807, 2.05) is 36.1 Å². The number of amides is 2. The van der Waals surface area contributed by atoms with Crippen molar-refractivity contribution >= 4 is 11.8 Å². The number of likely N-dealkylation sites (tertiary alicyclic amines) is 1. The lowest BCUT2D eigenvalue weighted by atomic mass is 9.93. The fraction of sp³-hybridized carbons (Fsp3) is 0.556. The summed E-state index contributed by atoms with van der Waals surface area (Å²) in [5.74, 6) is -0.0711. The zero-order valence-corrected chi connectivity index (χ0v) is 13.8. The smallest absolute Gasteiger partial charge is 0.254 e. The highest BCUT2D eigenvalue weighted by molar-refractivity contribution is 5.86. The van der Waals surface area contributed by atoms with Crippen molar-refractivity contribution < 1.29 is 14.3 Å². The van der Waals surface area contributed by atoms with E-state index in [4.69, 9.17) is 4.74 Å². The Kier molecular flexibility index (Phi) is 4.66. The van der Waals surface area contributed by atoms with Gasteiger partial charge in [-0.25, -0.2) is 0 Å². The van der Waals surface area contributed by atoms with E-state index in [0.29, 0.717) is 0 Å². The van der Waals surface area contributed by atoms with Gasteiger partial charge in [-0.3, -0.25) is 9.59 Å². The molecule has 0 radical (unpaired) electrons. The number of piperidine rings is 1. The number of morpholine rings is 1. The molecule has 0 aromatic heterocycles. The predicted molar refractivity (Wildman–Crippen MR) is 86.9 cm³/mol. The van der Waals surface area contributed by atoms with Crippen molar-refractivity contribution in [1.82, 2.24) is 9.80 Å². The average molecular weight is 316 g/mol. The molecule has 23 heavy (non-hydrogen) atoms. The van der Waals surface area contributed by atoms with E-state index in [0.717, 1.165) is 37.1 Å². The first-order valence-corrected chi connectivity index (χ1v) is 8.31. The molecule has 2 amide bonds. The number of benzene rings is 1. The van der Waals surface area contributed by atoms with Crippen molar-refractivity contribution in [2.24, 2.45) is 0 Å². The summed E-state index contributed by atoms with van der Waals surface area (Å²) in [6.07, 6.45) is 2.65. The van der Waals surface area contributed by atoms with Crippen molar-refractivity contribution in [3.63, 3.8) is 0 Å². The second-order valence-electron chi connectivity index (χ2n) is 6.42. The zero-order chi connectivity index (χ0) is 16.4. The van der Waals surface area contributed by atoms with Crippen LogP contribution >= 0.6 is 0 Å². The monoisotopic (exact) mass is 316 g/mol. The van der Waals surface area contributed by atoms with Crippen LogP contribution in [-0.2, 0) is 14.3 Å². The minimum atomic E-state index is -0.614. The number of hydrogen-bond donors (Lipinski definition) is 0. The first-order chi connectivity index (χ1) is 11.1. The number of ether oxygens (including phenoxy) is 1. The lowest BCUT2D eigenvalue weighted by Crippen LogP contribution is -2.54. The topological polar surface area (TPSA) is 49.9 Å². The van der Waals surface area contributed by atoms with Gasteiger partial charge in [-0.05, 0) is 37.3 Å². The van der Waals surface area contributed by atoms with Crippen molar-refractivity contribution in [1.29, 1.82) is 0 Å². The van der Waals surface area contributed by atoms with Gasteiger partial charge < -0.3 is 14.5 Å². The molecule has 0 saturated carbocycles. The Balaban J connectivity index is 1.91. The number of carbonyl (C=O) groups is 2. The Morgan fingerprint density at radius 3 is 2.57 bits per heavy atom. The van der Waals surface area contributed by atoms with E-state index >= 15 is 0 Å². The quantitative estimate of drug-likeness (QED) is 0.837. The summed E-state index contributed by atoms with van der Waals surface area (Å²) in [5, 5.41) is 0. The standard InChI is InChI=1S/C18H24N2O3/c1-13-8-4-5-9-14(13)16-17(23-12-15(21)19(16)2)18(22)20-10-6-3-7-11-20/h4-5,8-9,16-17H,3,6-7,10-12H2,1-2H3/t16-,17+/m1/s1. The third-order valence-electron chi connectivity index (χ3n) is 4.90. The highest BCUT2D eigenvalue weighted by Gasteiger charge is 2.42. The SMILES string of the molecule is Cc1ccccc1[C@@H]1[C@@H](C(=O)N2CCCCC2)OCC(=O)N1C. The lowest BCUT2D eigenvalue weighted by molar-refractivity contribution is -0.168. The maximum atomic E-state index is 13.0. The minimum Gasteiger partial charge on any atom is -0.356 e. The Morgan fingerprint density at radius 2 is 1.87 bits per heavy atom. The summed E-state index contributed by atoms with van der Waals surface area (Å²) in [5.41, 5.74) is 2.05. The van der Waals surface area contributed by atoms with Crippen LogP contribution in [0.25, 0.3) is 0 Å². The molecule has 3 rings (SSSR count). The molecule has 2 saturated heterocycles. The Labute approximate surface area is 137 Å². The molecule has 1 aromatic rings. The van der Waals surface area contributed by atoms with E-state index < -0.39 is 6.10 Å². The van der Waals surface area contributed by atoms with Crippen LogP contribution in [0.15, 0.2) is 24.3 Å². The number of rotatable bonds is 2. The molecular formula is C18H24N2O3. The van der Waals surface area contributed by atoms with Gasteiger partial charge in [0.05, 0.1) is 6.04 Å². The normalized spacial score (nSPS) is 25.6. The van der Waals surface area contributed by atoms with Crippen molar-refractivity contribution in [3.8, 4) is 0 Å². The van der Waals surface area contributed by atoms with Crippen LogP contribution in [0.5, 0.6) is 0 Å². The summed E-state index contributed by atoms with van der Waals surface area (Å²) >= 11 is 0. The third-order valence-corrected chi connectivity index (χ3v) is 4.90. The molecule has 2 aliphatic heterocycles. The van der Waals surface area contributed by atoms with E-state index in [1.54, 1.807) is 11.9 Å². The number of hydrogen-bond acceptors (Lipinski definition) is 3. The number of carbonyl (C=O) groups excluding carboxylic acids is 2. The summed E-state index contributed by atoms with van der Waals surface area (Å²) in [4.78, 5) is 28.6. The largest absolute Gasteiger partial charge is 0.356 e. The maximum absolute atomic E-state index is 13.0. The summed E-state index contributed by atoms with van der Waals surface area (Å²) < 4.78 is 5.72. The molecule has 2 aliphatic rings. The summed E-state index contributed by atoms with van der Waals surface area (Å²) in [7, 11) is 1.76. The second kappa shape index (κ2) is 6.71. The third kappa shape index (κ3) is 3.11. The molecule has 5 nitrogen and oxygen atoms in total. The van der Waals surface area contributed by atoms with Gasteiger partial charge in [0.1, 0.15) is 6.61 Å². The van der Waals surface area contributed by atoms with Crippen LogP contribution in [0.3, 0.4) is 0 Å². The first kappa shape index (κ1) is 16.0. The molecule has 0 aliphatic carbocycles. The molecular weight excluding hydrogens is 292 g/mol. The van der Waals surface area contributed by atoms with Gasteiger partial charge in [0, 0.05) is 20.1 Å². The van der Waals surface area contributed by atoms with E-state index in [-0.39, 0.29) is 24.5 Å². The van der Waals surface area contributed by atoms with Gasteiger partial charge in [0.2, 0.25) is 5.91 Å². The van der Waals surface area contributed by atoms with Crippen LogP contribution < -0.4 is 0 Å². The number of likely N-dealkylation sites (N-methyl/N-ethyl adjacent to an activating group) is 1. The van der Waals surface area contributed by atoms with Crippen LogP contribution in [0.1, 0.15) is 36.4 Å². The molecule has 5 heteroatoms. The van der Waals surface area contributed by atoms with Crippen LogP contribution in [0, 0.1) is 6.92 Å². The molecule has 0 N–H and O–H groups in total. The first-order valence-electron chi connectivity index (χ1n) is 8.31. The maximum Gasteiger partial charge on any atom is 0.254 e. The number of nitrogens with zero attached hydrogens (tertiary/aromatic N) is 2. The molecule has 0 unspecified atom stereocenters. The summed E-state index contributed by atoms with van der Waals surface area (Å²) in [6, 6.07) is 7.54. The average Bonchev–Trinajstić information content (AvgIpc) is 2.58. The predicted octanol–water partition coefficient (Wildman–Crippen LogP) is 1.91. The van der Waals surface area contributed by atoms with Gasteiger partial charge >= 0.3 is 0 Å². The van der Waals surface area contributed by atoms with Crippen LogP contribution in [-0.4, -0.2) is 54.5 Å². The molecule has 2 atom stereocenters. The fourth-order valence-corrected chi connectivity index (χ4v) is 3.50. The molecule has 124 valence electrons. The Morgan fingerprint density at radius 1 is 1.17 bits per heavy atom. The van der Waals surface area contributed by atoms with E-state index in [2.05, 4.69) is 0 Å². The second-order valence-corrected chi connectivity index (χ2v) is 6.42. The molecule has 2 heterocycles. The van der Waals surface area contributed by atoms with Gasteiger partial charge in [-0.15, -0.1) is 0 Å².